The second kappa shape index (κ2) is 4.93. The third kappa shape index (κ3) is 4.26. The van der Waals surface area contributed by atoms with Gasteiger partial charge < -0.3 is 5.73 Å². The van der Waals surface area contributed by atoms with Crippen molar-refractivity contribution < 1.29 is 13.2 Å². The van der Waals surface area contributed by atoms with Crippen LogP contribution < -0.4 is 10.5 Å². The quantitative estimate of drug-likeness (QED) is 0.760. The first kappa shape index (κ1) is 12.4. The second-order valence-electron chi connectivity index (χ2n) is 3.39. The van der Waals surface area contributed by atoms with Crippen molar-refractivity contribution in [2.45, 2.75) is 13.3 Å². The molecule has 0 saturated carbocycles. The smallest absolute Gasteiger partial charge is 0.233 e. The summed E-state index contributed by atoms with van der Waals surface area (Å²) in [7, 11) is -3.54. The zero-order valence-electron chi connectivity index (χ0n) is 8.80. The van der Waals surface area contributed by atoms with Crippen molar-refractivity contribution >= 4 is 21.6 Å². The number of primary amides is 1. The van der Waals surface area contributed by atoms with Crippen LogP contribution in [0.4, 0.5) is 5.69 Å². The van der Waals surface area contributed by atoms with Crippen molar-refractivity contribution in [1.29, 1.82) is 0 Å². The van der Waals surface area contributed by atoms with Gasteiger partial charge in [0.15, 0.2) is 0 Å². The summed E-state index contributed by atoms with van der Waals surface area (Å²) in [6.45, 7) is 1.80. The number of carbonyl (C=O) groups excluding carboxylic acids is 1. The van der Waals surface area contributed by atoms with Crippen molar-refractivity contribution in [3.05, 3.63) is 24.0 Å². The number of nitrogens with one attached hydrogen (secondary N) is 1. The topological polar surface area (TPSA) is 102 Å². The van der Waals surface area contributed by atoms with Gasteiger partial charge >= 0.3 is 0 Å². The van der Waals surface area contributed by atoms with E-state index in [1.807, 2.05) is 0 Å². The summed E-state index contributed by atoms with van der Waals surface area (Å²) < 4.78 is 25.3. The Labute approximate surface area is 93.9 Å². The molecule has 6 nitrogen and oxygen atoms in total. The SMILES string of the molecule is Cc1cncc(NS(=O)(=O)CCC(N)=O)c1. The number of aryl methyl sites for hydroxylation is 1. The molecule has 0 radical (unpaired) electrons. The van der Waals surface area contributed by atoms with Crippen molar-refractivity contribution in [2.75, 3.05) is 10.5 Å². The van der Waals surface area contributed by atoms with Crippen LogP contribution in [0.15, 0.2) is 18.5 Å². The molecule has 0 aliphatic rings. The molecule has 0 unspecified atom stereocenters. The summed E-state index contributed by atoms with van der Waals surface area (Å²) in [5.41, 5.74) is 6.10. The third-order valence-corrected chi connectivity index (χ3v) is 3.05. The summed E-state index contributed by atoms with van der Waals surface area (Å²) in [6.07, 6.45) is 2.81. The highest BCUT2D eigenvalue weighted by Crippen LogP contribution is 2.09. The van der Waals surface area contributed by atoms with Crippen LogP contribution in [0, 0.1) is 6.92 Å². The fourth-order valence-electron chi connectivity index (χ4n) is 1.08. The number of anilines is 1. The lowest BCUT2D eigenvalue weighted by Gasteiger charge is -2.06. The van der Waals surface area contributed by atoms with E-state index >= 15 is 0 Å². The Morgan fingerprint density at radius 1 is 1.50 bits per heavy atom. The maximum atomic E-state index is 11.5. The Morgan fingerprint density at radius 3 is 2.75 bits per heavy atom. The van der Waals surface area contributed by atoms with Crippen LogP contribution in [0.5, 0.6) is 0 Å². The lowest BCUT2D eigenvalue weighted by molar-refractivity contribution is -0.117. The Hall–Kier alpha value is -1.63. The van der Waals surface area contributed by atoms with E-state index in [-0.39, 0.29) is 12.2 Å². The lowest BCUT2D eigenvalue weighted by Crippen LogP contribution is -2.22. The number of sulfonamides is 1. The van der Waals surface area contributed by atoms with Gasteiger partial charge in [0.05, 0.1) is 17.6 Å². The van der Waals surface area contributed by atoms with Gasteiger partial charge in [-0.15, -0.1) is 0 Å². The minimum absolute atomic E-state index is 0.200. The molecular formula is C9H13N3O3S. The molecule has 88 valence electrons. The van der Waals surface area contributed by atoms with E-state index < -0.39 is 15.9 Å². The van der Waals surface area contributed by atoms with Crippen LogP contribution in [0.3, 0.4) is 0 Å². The number of carbonyl (C=O) groups is 1. The van der Waals surface area contributed by atoms with Gasteiger partial charge in [0.25, 0.3) is 0 Å². The first-order valence-electron chi connectivity index (χ1n) is 4.59. The summed E-state index contributed by atoms with van der Waals surface area (Å²) >= 11 is 0. The standard InChI is InChI=1S/C9H13N3O3S/c1-7-4-8(6-11-5-7)12-16(14,15)3-2-9(10)13/h4-6,12H,2-3H2,1H3,(H2,10,13). The number of hydrogen-bond donors (Lipinski definition) is 2. The molecule has 0 aliphatic carbocycles. The number of nitrogens with two attached hydrogens (primary N) is 1. The predicted molar refractivity (Wildman–Crippen MR) is 60.2 cm³/mol. The van der Waals surface area contributed by atoms with Crippen LogP contribution in [-0.4, -0.2) is 25.1 Å². The van der Waals surface area contributed by atoms with E-state index in [1.54, 1.807) is 19.2 Å². The van der Waals surface area contributed by atoms with E-state index in [4.69, 9.17) is 5.73 Å². The fraction of sp³-hybridized carbons (Fsp3) is 0.333. The summed E-state index contributed by atoms with van der Waals surface area (Å²) in [6, 6.07) is 1.65. The fourth-order valence-corrected chi connectivity index (χ4v) is 2.12. The minimum Gasteiger partial charge on any atom is -0.370 e. The molecule has 0 spiro atoms. The molecule has 0 fully saturated rings. The Morgan fingerprint density at radius 2 is 2.19 bits per heavy atom. The molecule has 7 heteroatoms. The van der Waals surface area contributed by atoms with Crippen LogP contribution in [0.2, 0.25) is 0 Å². The highest BCUT2D eigenvalue weighted by Gasteiger charge is 2.12. The second-order valence-corrected chi connectivity index (χ2v) is 5.23. The summed E-state index contributed by atoms with van der Waals surface area (Å²) in [5, 5.41) is 0. The number of aromatic nitrogens is 1. The molecule has 0 atom stereocenters. The van der Waals surface area contributed by atoms with Crippen LogP contribution in [0.1, 0.15) is 12.0 Å². The van der Waals surface area contributed by atoms with Gasteiger partial charge in [-0.1, -0.05) is 0 Å². The molecule has 0 bridgehead atoms. The maximum Gasteiger partial charge on any atom is 0.233 e. The molecule has 1 rings (SSSR count). The molecule has 0 aliphatic heterocycles. The monoisotopic (exact) mass is 243 g/mol. The molecule has 0 aromatic carbocycles. The normalized spacial score (nSPS) is 11.1. The van der Waals surface area contributed by atoms with Crippen LogP contribution in [-0.2, 0) is 14.8 Å². The molecule has 1 amide bonds. The van der Waals surface area contributed by atoms with Gasteiger partial charge in [-0.2, -0.15) is 0 Å². The van der Waals surface area contributed by atoms with Gasteiger partial charge in [-0.3, -0.25) is 14.5 Å². The van der Waals surface area contributed by atoms with Crippen LogP contribution in [0.25, 0.3) is 0 Å². The van der Waals surface area contributed by atoms with Crippen molar-refractivity contribution in [3.8, 4) is 0 Å². The van der Waals surface area contributed by atoms with Gasteiger partial charge in [0.2, 0.25) is 15.9 Å². The van der Waals surface area contributed by atoms with Gasteiger partial charge in [-0.25, -0.2) is 8.42 Å². The van der Waals surface area contributed by atoms with Crippen LogP contribution >= 0.6 is 0 Å². The predicted octanol–water partition coefficient (Wildman–Crippen LogP) is 0.00712. The van der Waals surface area contributed by atoms with Crippen molar-refractivity contribution in [3.63, 3.8) is 0 Å². The van der Waals surface area contributed by atoms with E-state index in [9.17, 15) is 13.2 Å². The molecule has 16 heavy (non-hydrogen) atoms. The molecule has 1 aromatic heterocycles. The highest BCUT2D eigenvalue weighted by molar-refractivity contribution is 7.92. The zero-order valence-corrected chi connectivity index (χ0v) is 9.62. The first-order chi connectivity index (χ1) is 7.39. The van der Waals surface area contributed by atoms with Gasteiger partial charge in [0.1, 0.15) is 0 Å². The lowest BCUT2D eigenvalue weighted by atomic mass is 10.3. The number of rotatable bonds is 5. The first-order valence-corrected chi connectivity index (χ1v) is 6.25. The molecule has 3 N–H and O–H groups in total. The molecule has 1 heterocycles. The summed E-state index contributed by atoms with van der Waals surface area (Å²) in [4.78, 5) is 14.3. The van der Waals surface area contributed by atoms with E-state index in [0.717, 1.165) is 5.56 Å². The maximum absolute atomic E-state index is 11.5. The molecular weight excluding hydrogens is 230 g/mol. The number of hydrogen-bond acceptors (Lipinski definition) is 4. The third-order valence-electron chi connectivity index (χ3n) is 1.77. The largest absolute Gasteiger partial charge is 0.370 e. The van der Waals surface area contributed by atoms with Crippen molar-refractivity contribution in [1.82, 2.24) is 4.98 Å². The Kier molecular flexibility index (Phi) is 3.83. The van der Waals surface area contributed by atoms with E-state index in [2.05, 4.69) is 9.71 Å². The average molecular weight is 243 g/mol. The number of pyridine rings is 1. The average Bonchev–Trinajstić information content (AvgIpc) is 2.14. The van der Waals surface area contributed by atoms with E-state index in [1.165, 1.54) is 6.20 Å². The summed E-state index contributed by atoms with van der Waals surface area (Å²) in [5.74, 6) is -0.969. The molecule has 0 saturated heterocycles. The minimum atomic E-state index is -3.54. The Balaban J connectivity index is 2.69. The number of amides is 1. The zero-order chi connectivity index (χ0) is 12.2. The number of nitrogens with zero attached hydrogens (tertiary/aromatic N) is 1. The Bertz CT molecular complexity index is 485. The van der Waals surface area contributed by atoms with Gasteiger partial charge in [0, 0.05) is 12.6 Å². The van der Waals surface area contributed by atoms with Crippen molar-refractivity contribution in [2.24, 2.45) is 5.73 Å². The van der Waals surface area contributed by atoms with E-state index in [0.29, 0.717) is 5.69 Å². The highest BCUT2D eigenvalue weighted by atomic mass is 32.2. The molecule has 1 aromatic rings. The van der Waals surface area contributed by atoms with Gasteiger partial charge in [-0.05, 0) is 18.6 Å².